The van der Waals surface area contributed by atoms with Crippen LogP contribution in [0.4, 0.5) is 15.0 Å². The molecule has 0 unspecified atom stereocenters. The molecule has 2 amide bonds. The number of amides is 2. The van der Waals surface area contributed by atoms with Crippen LogP contribution in [0.25, 0.3) is 11.0 Å². The van der Waals surface area contributed by atoms with Gasteiger partial charge in [-0.1, -0.05) is 38.5 Å². The minimum absolute atomic E-state index is 0.0349. The number of rotatable bonds is 7. The molecule has 0 aliphatic carbocycles. The molecule has 13 heteroatoms. The number of fused-ring (bicyclic) bond motifs is 1. The molecule has 0 radical (unpaired) electrons. The van der Waals surface area contributed by atoms with Gasteiger partial charge in [-0.3, -0.25) is 9.69 Å². The summed E-state index contributed by atoms with van der Waals surface area (Å²) in [5, 5.41) is 11.8. The molecule has 1 fully saturated rings. The zero-order valence-corrected chi connectivity index (χ0v) is 25.3. The number of halogens is 1. The van der Waals surface area contributed by atoms with Gasteiger partial charge < -0.3 is 14.8 Å². The van der Waals surface area contributed by atoms with E-state index >= 15 is 0 Å². The fourth-order valence-corrected chi connectivity index (χ4v) is 6.77. The Labute approximate surface area is 234 Å². The van der Waals surface area contributed by atoms with Crippen LogP contribution in [0.2, 0.25) is 18.1 Å². The molecular weight excluding hydrogens is 555 g/mol. The quantitative estimate of drug-likeness (QED) is 0.365. The van der Waals surface area contributed by atoms with E-state index in [0.29, 0.717) is 16.7 Å². The van der Waals surface area contributed by atoms with Crippen LogP contribution in [0, 0.1) is 6.92 Å². The number of aromatic nitrogens is 2. The first-order valence-corrected chi connectivity index (χ1v) is 17.3. The van der Waals surface area contributed by atoms with Gasteiger partial charge in [0.15, 0.2) is 8.32 Å². The van der Waals surface area contributed by atoms with Crippen LogP contribution in [0.5, 0.6) is 0 Å². The summed E-state index contributed by atoms with van der Waals surface area (Å²) in [7, 11) is -6.28. The second-order valence-corrected chi connectivity index (χ2v) is 18.2. The first-order chi connectivity index (χ1) is 18.5. The summed E-state index contributed by atoms with van der Waals surface area (Å²) in [5.41, 5.74) is 1.89. The average Bonchev–Trinajstić information content (AvgIpc) is 3.43. The second kappa shape index (κ2) is 10.6. The Hall–Kier alpha value is -3.29. The minimum Gasteiger partial charge on any atom is -0.465 e. The van der Waals surface area contributed by atoms with E-state index in [1.54, 1.807) is 30.3 Å². The number of carbonyl (C=O) groups is 2. The fourth-order valence-electron chi connectivity index (χ4n) is 4.31. The maximum atomic E-state index is 13.9. The minimum atomic E-state index is -4.03. The van der Waals surface area contributed by atoms with Crippen LogP contribution >= 0.6 is 0 Å². The molecule has 0 saturated carbocycles. The molecular formula is C27H35FN4O6SSi. The highest BCUT2D eigenvalue weighted by atomic mass is 32.2. The highest BCUT2D eigenvalue weighted by Crippen LogP contribution is 2.38. The monoisotopic (exact) mass is 590 g/mol. The van der Waals surface area contributed by atoms with E-state index < -0.39 is 42.6 Å². The average molecular weight is 591 g/mol. The Kier molecular flexibility index (Phi) is 7.86. The van der Waals surface area contributed by atoms with Crippen LogP contribution in [-0.2, 0) is 25.9 Å². The lowest BCUT2D eigenvalue weighted by Gasteiger charge is -2.36. The van der Waals surface area contributed by atoms with Crippen LogP contribution in [0.15, 0.2) is 47.4 Å². The van der Waals surface area contributed by atoms with Crippen molar-refractivity contribution in [3.63, 3.8) is 0 Å². The van der Waals surface area contributed by atoms with Crippen molar-refractivity contribution in [2.45, 2.75) is 76.0 Å². The molecule has 216 valence electrons. The van der Waals surface area contributed by atoms with Crippen molar-refractivity contribution in [1.82, 2.24) is 13.9 Å². The zero-order valence-electron chi connectivity index (χ0n) is 23.4. The molecule has 1 aliphatic heterocycles. The molecule has 3 aromatic rings. The van der Waals surface area contributed by atoms with E-state index in [4.69, 9.17) is 4.43 Å². The van der Waals surface area contributed by atoms with Crippen molar-refractivity contribution in [3.05, 3.63) is 53.7 Å². The van der Waals surface area contributed by atoms with Gasteiger partial charge in [0, 0.05) is 6.42 Å². The molecule has 1 aliphatic rings. The van der Waals surface area contributed by atoms with Crippen molar-refractivity contribution in [2.24, 2.45) is 0 Å². The highest BCUT2D eigenvalue weighted by Gasteiger charge is 2.40. The third-order valence-corrected chi connectivity index (χ3v) is 13.9. The number of anilines is 1. The smallest absolute Gasteiger partial charge is 0.408 e. The zero-order chi connectivity index (χ0) is 29.6. The molecule has 10 nitrogen and oxygen atoms in total. The van der Waals surface area contributed by atoms with Crippen molar-refractivity contribution < 1.29 is 31.9 Å². The lowest BCUT2D eigenvalue weighted by atomic mass is 10.2. The first-order valence-electron chi connectivity index (χ1n) is 12.9. The summed E-state index contributed by atoms with van der Waals surface area (Å²) in [6, 6.07) is 9.93. The summed E-state index contributed by atoms with van der Waals surface area (Å²) in [6.45, 7) is 12.0. The van der Waals surface area contributed by atoms with E-state index in [0.717, 1.165) is 10.5 Å². The largest absolute Gasteiger partial charge is 0.465 e. The van der Waals surface area contributed by atoms with E-state index in [-0.39, 0.29) is 35.3 Å². The van der Waals surface area contributed by atoms with Gasteiger partial charge >= 0.3 is 6.09 Å². The molecule has 1 saturated heterocycles. The first kappa shape index (κ1) is 29.7. The van der Waals surface area contributed by atoms with Gasteiger partial charge in [-0.15, -0.1) is 0 Å². The lowest BCUT2D eigenvalue weighted by Crippen LogP contribution is -2.42. The molecule has 2 atom stereocenters. The third kappa shape index (κ3) is 5.76. The van der Waals surface area contributed by atoms with Gasteiger partial charge in [-0.05, 0) is 55.4 Å². The van der Waals surface area contributed by atoms with Crippen LogP contribution in [-0.4, -0.2) is 66.5 Å². The highest BCUT2D eigenvalue weighted by molar-refractivity contribution is 7.90. The number of likely N-dealkylation sites (tertiary alicyclic amines) is 1. The van der Waals surface area contributed by atoms with Gasteiger partial charge in [-0.2, -0.15) is 0 Å². The number of hydrogen-bond acceptors (Lipinski definition) is 6. The predicted octanol–water partition coefficient (Wildman–Crippen LogP) is 5.13. The van der Waals surface area contributed by atoms with Crippen molar-refractivity contribution in [2.75, 3.05) is 11.9 Å². The van der Waals surface area contributed by atoms with Gasteiger partial charge in [0.25, 0.3) is 10.0 Å². The van der Waals surface area contributed by atoms with Crippen LogP contribution in [0.1, 0.15) is 38.4 Å². The summed E-state index contributed by atoms with van der Waals surface area (Å²) in [6.07, 6.45) is -3.07. The Morgan fingerprint density at radius 1 is 1.18 bits per heavy atom. The standard InChI is InChI=1S/C27H35FN4O6SSi/c1-17-7-9-20(10-8-17)39(36,37)32-19(16-38-40(5,6)27(2,3)4)14-21-22(32)11-12-24(29-21)30-25(33)23-13-18(28)15-31(23)26(34)35/h7-12,14,18,23H,13,15-16H2,1-6H3,(H,34,35)(H,29,30,33)/t18-,23-/m1/s1. The number of pyridine rings is 1. The second-order valence-electron chi connectivity index (χ2n) is 11.6. The Balaban J connectivity index is 1.74. The van der Waals surface area contributed by atoms with Crippen LogP contribution in [0.3, 0.4) is 0 Å². The molecule has 2 N–H and O–H groups in total. The summed E-state index contributed by atoms with van der Waals surface area (Å²) >= 11 is 0. The molecule has 0 bridgehead atoms. The van der Waals surface area contributed by atoms with Crippen molar-refractivity contribution in [1.29, 1.82) is 0 Å². The number of carboxylic acid groups (broad SMARTS) is 1. The molecule has 2 aromatic heterocycles. The Bertz CT molecular complexity index is 1550. The summed E-state index contributed by atoms with van der Waals surface area (Å²) in [4.78, 5) is 29.6. The molecule has 40 heavy (non-hydrogen) atoms. The lowest BCUT2D eigenvalue weighted by molar-refractivity contribution is -0.120. The predicted molar refractivity (Wildman–Crippen MR) is 152 cm³/mol. The van der Waals surface area contributed by atoms with Gasteiger partial charge in [-0.25, -0.2) is 26.6 Å². The topological polar surface area (TPSA) is 131 Å². The fraction of sp³-hybridized carbons (Fsp3) is 0.444. The Morgan fingerprint density at radius 3 is 2.42 bits per heavy atom. The normalized spacial score (nSPS) is 18.3. The maximum absolute atomic E-state index is 13.9. The number of alkyl halides is 1. The van der Waals surface area contributed by atoms with Crippen LogP contribution < -0.4 is 5.32 Å². The van der Waals surface area contributed by atoms with E-state index in [2.05, 4.69) is 44.2 Å². The molecule has 1 aromatic carbocycles. The molecule has 3 heterocycles. The SMILES string of the molecule is Cc1ccc(S(=O)(=O)n2c(CO[Si](C)(C)C(C)(C)C)cc3nc(NC(=O)[C@H]4C[C@@H](F)CN4C(=O)O)ccc32)cc1. The molecule has 4 rings (SSSR count). The summed E-state index contributed by atoms with van der Waals surface area (Å²) in [5.74, 6) is -0.616. The number of benzene rings is 1. The molecule has 0 spiro atoms. The van der Waals surface area contributed by atoms with Crippen molar-refractivity contribution >= 4 is 47.2 Å². The number of hydrogen-bond donors (Lipinski definition) is 2. The Morgan fingerprint density at radius 2 is 1.82 bits per heavy atom. The third-order valence-electron chi connectivity index (χ3n) is 7.68. The summed E-state index contributed by atoms with van der Waals surface area (Å²) < 4.78 is 49.2. The number of carbonyl (C=O) groups excluding carboxylic acids is 1. The number of nitrogens with zero attached hydrogens (tertiary/aromatic N) is 3. The number of nitrogens with one attached hydrogen (secondary N) is 1. The maximum Gasteiger partial charge on any atom is 0.408 e. The van der Waals surface area contributed by atoms with Gasteiger partial charge in [0.05, 0.1) is 34.8 Å². The van der Waals surface area contributed by atoms with E-state index in [1.165, 1.54) is 16.1 Å². The van der Waals surface area contributed by atoms with E-state index in [9.17, 15) is 27.5 Å². The number of aryl methyl sites for hydroxylation is 1. The van der Waals surface area contributed by atoms with E-state index in [1.807, 2.05) is 6.92 Å². The van der Waals surface area contributed by atoms with Crippen molar-refractivity contribution in [3.8, 4) is 0 Å². The van der Waals surface area contributed by atoms with Gasteiger partial charge in [0.2, 0.25) is 5.91 Å². The van der Waals surface area contributed by atoms with Gasteiger partial charge in [0.1, 0.15) is 18.0 Å².